The molecule has 100 valence electrons. The molecule has 0 aliphatic carbocycles. The molecular formula is C13H19NO4. The van der Waals surface area contributed by atoms with Crippen LogP contribution in [0.25, 0.3) is 0 Å². The van der Waals surface area contributed by atoms with Gasteiger partial charge in [-0.15, -0.1) is 0 Å². The van der Waals surface area contributed by atoms with Gasteiger partial charge in [-0.3, -0.25) is 4.79 Å². The molecule has 5 nitrogen and oxygen atoms in total. The molecule has 0 heterocycles. The first-order valence-electron chi connectivity index (χ1n) is 5.84. The zero-order valence-electron chi connectivity index (χ0n) is 10.9. The van der Waals surface area contributed by atoms with E-state index >= 15 is 0 Å². The van der Waals surface area contributed by atoms with E-state index in [1.807, 2.05) is 0 Å². The fourth-order valence-electron chi connectivity index (χ4n) is 1.45. The van der Waals surface area contributed by atoms with E-state index < -0.39 is 0 Å². The van der Waals surface area contributed by atoms with Crippen LogP contribution in [0.15, 0.2) is 18.2 Å². The second-order valence-corrected chi connectivity index (χ2v) is 3.86. The maximum atomic E-state index is 11.4. The number of hydrogen-bond acceptors (Lipinski definition) is 5. The minimum Gasteiger partial charge on any atom is -0.504 e. The van der Waals surface area contributed by atoms with Crippen LogP contribution in [0.5, 0.6) is 11.5 Å². The first-order chi connectivity index (χ1) is 8.58. The molecule has 0 aromatic heterocycles. The van der Waals surface area contributed by atoms with Gasteiger partial charge in [0.2, 0.25) is 0 Å². The van der Waals surface area contributed by atoms with Gasteiger partial charge in [-0.1, -0.05) is 6.07 Å². The Morgan fingerprint density at radius 3 is 2.83 bits per heavy atom. The SMILES string of the molecule is CCOC(=O)C(C)NCc1ccc(O)c(OC)c1. The van der Waals surface area contributed by atoms with E-state index in [1.54, 1.807) is 32.0 Å². The lowest BCUT2D eigenvalue weighted by Crippen LogP contribution is -2.34. The van der Waals surface area contributed by atoms with E-state index in [0.717, 1.165) is 5.56 Å². The van der Waals surface area contributed by atoms with Gasteiger partial charge in [-0.2, -0.15) is 0 Å². The number of benzene rings is 1. The highest BCUT2D eigenvalue weighted by molar-refractivity contribution is 5.75. The highest BCUT2D eigenvalue weighted by atomic mass is 16.5. The number of aromatic hydroxyl groups is 1. The molecule has 0 fully saturated rings. The van der Waals surface area contributed by atoms with Crippen LogP contribution >= 0.6 is 0 Å². The van der Waals surface area contributed by atoms with Crippen LogP contribution in [0, 0.1) is 0 Å². The number of phenolic OH excluding ortho intramolecular Hbond substituents is 1. The van der Waals surface area contributed by atoms with Gasteiger partial charge in [-0.25, -0.2) is 0 Å². The predicted molar refractivity (Wildman–Crippen MR) is 67.6 cm³/mol. The summed E-state index contributed by atoms with van der Waals surface area (Å²) in [6.07, 6.45) is 0. The van der Waals surface area contributed by atoms with Crippen LogP contribution in [0.1, 0.15) is 19.4 Å². The highest BCUT2D eigenvalue weighted by Crippen LogP contribution is 2.26. The van der Waals surface area contributed by atoms with Crippen molar-refractivity contribution in [2.45, 2.75) is 26.4 Å². The van der Waals surface area contributed by atoms with Crippen molar-refractivity contribution in [2.24, 2.45) is 0 Å². The van der Waals surface area contributed by atoms with Crippen LogP contribution in [0.2, 0.25) is 0 Å². The van der Waals surface area contributed by atoms with Crippen molar-refractivity contribution < 1.29 is 19.4 Å². The third kappa shape index (κ3) is 3.92. The van der Waals surface area contributed by atoms with Gasteiger partial charge in [0.15, 0.2) is 11.5 Å². The van der Waals surface area contributed by atoms with E-state index in [2.05, 4.69) is 5.32 Å². The molecule has 2 N–H and O–H groups in total. The quantitative estimate of drug-likeness (QED) is 0.751. The molecule has 0 bridgehead atoms. The Bertz CT molecular complexity index is 406. The van der Waals surface area contributed by atoms with E-state index in [4.69, 9.17) is 9.47 Å². The summed E-state index contributed by atoms with van der Waals surface area (Å²) in [6, 6.07) is 4.68. The van der Waals surface area contributed by atoms with Gasteiger partial charge in [0.25, 0.3) is 0 Å². The molecule has 5 heteroatoms. The summed E-state index contributed by atoms with van der Waals surface area (Å²) in [6.45, 7) is 4.39. The Labute approximate surface area is 107 Å². The van der Waals surface area contributed by atoms with Crippen molar-refractivity contribution in [3.63, 3.8) is 0 Å². The average molecular weight is 253 g/mol. The molecule has 0 amide bonds. The lowest BCUT2D eigenvalue weighted by Gasteiger charge is -2.13. The fraction of sp³-hybridized carbons (Fsp3) is 0.462. The second-order valence-electron chi connectivity index (χ2n) is 3.86. The normalized spacial score (nSPS) is 11.9. The summed E-state index contributed by atoms with van der Waals surface area (Å²) in [4.78, 5) is 11.4. The number of rotatable bonds is 6. The van der Waals surface area contributed by atoms with Gasteiger partial charge in [0.05, 0.1) is 13.7 Å². The van der Waals surface area contributed by atoms with E-state index in [-0.39, 0.29) is 17.8 Å². The molecule has 1 rings (SSSR count). The monoisotopic (exact) mass is 253 g/mol. The first kappa shape index (κ1) is 14.3. The zero-order valence-corrected chi connectivity index (χ0v) is 10.9. The summed E-state index contributed by atoms with van der Waals surface area (Å²) >= 11 is 0. The summed E-state index contributed by atoms with van der Waals surface area (Å²) < 4.78 is 9.90. The third-order valence-corrected chi connectivity index (χ3v) is 2.50. The summed E-state index contributed by atoms with van der Waals surface area (Å²) in [5.41, 5.74) is 0.917. The number of hydrogen-bond donors (Lipinski definition) is 2. The molecule has 1 aromatic carbocycles. The molecule has 0 saturated carbocycles. The van der Waals surface area contributed by atoms with Gasteiger partial charge >= 0.3 is 5.97 Å². The molecule has 1 unspecified atom stereocenters. The fourth-order valence-corrected chi connectivity index (χ4v) is 1.45. The minimum absolute atomic E-state index is 0.0969. The molecule has 0 aliphatic rings. The van der Waals surface area contributed by atoms with Gasteiger partial charge < -0.3 is 19.9 Å². The van der Waals surface area contributed by atoms with Crippen LogP contribution < -0.4 is 10.1 Å². The smallest absolute Gasteiger partial charge is 0.322 e. The number of carbonyl (C=O) groups is 1. The maximum Gasteiger partial charge on any atom is 0.322 e. The molecule has 0 spiro atoms. The van der Waals surface area contributed by atoms with Crippen LogP contribution in [0.4, 0.5) is 0 Å². The Morgan fingerprint density at radius 2 is 2.22 bits per heavy atom. The number of nitrogens with one attached hydrogen (secondary N) is 1. The maximum absolute atomic E-state index is 11.4. The summed E-state index contributed by atoms with van der Waals surface area (Å²) in [7, 11) is 1.49. The highest BCUT2D eigenvalue weighted by Gasteiger charge is 2.13. The van der Waals surface area contributed by atoms with Crippen LogP contribution in [0.3, 0.4) is 0 Å². The van der Waals surface area contributed by atoms with E-state index in [1.165, 1.54) is 7.11 Å². The van der Waals surface area contributed by atoms with E-state index in [9.17, 15) is 9.90 Å². The lowest BCUT2D eigenvalue weighted by atomic mass is 10.2. The third-order valence-electron chi connectivity index (χ3n) is 2.50. The molecular weight excluding hydrogens is 234 g/mol. The van der Waals surface area contributed by atoms with Gasteiger partial charge in [-0.05, 0) is 31.5 Å². The Balaban J connectivity index is 2.55. The Kier molecular flexibility index (Phi) is 5.45. The molecule has 0 saturated heterocycles. The molecule has 1 atom stereocenters. The van der Waals surface area contributed by atoms with Crippen molar-refractivity contribution in [2.75, 3.05) is 13.7 Å². The molecule has 1 aromatic rings. The summed E-state index contributed by atoms with van der Waals surface area (Å²) in [5, 5.41) is 12.5. The topological polar surface area (TPSA) is 67.8 Å². The molecule has 0 radical (unpaired) electrons. The lowest BCUT2D eigenvalue weighted by molar-refractivity contribution is -0.145. The first-order valence-corrected chi connectivity index (χ1v) is 5.84. The van der Waals surface area contributed by atoms with Gasteiger partial charge in [0, 0.05) is 6.54 Å². The predicted octanol–water partition coefficient (Wildman–Crippen LogP) is 1.44. The Hall–Kier alpha value is -1.75. The summed E-state index contributed by atoms with van der Waals surface area (Å²) in [5.74, 6) is 0.237. The standard InChI is InChI=1S/C13H19NO4/c1-4-18-13(16)9(2)14-8-10-5-6-11(15)12(7-10)17-3/h5-7,9,14-15H,4,8H2,1-3H3. The number of ether oxygens (including phenoxy) is 2. The minimum atomic E-state index is -0.371. The van der Waals surface area contributed by atoms with Crippen molar-refractivity contribution in [1.82, 2.24) is 5.32 Å². The number of esters is 1. The number of methoxy groups -OCH3 is 1. The zero-order chi connectivity index (χ0) is 13.5. The van der Waals surface area contributed by atoms with E-state index in [0.29, 0.717) is 18.9 Å². The van der Waals surface area contributed by atoms with Crippen LogP contribution in [-0.4, -0.2) is 30.8 Å². The largest absolute Gasteiger partial charge is 0.504 e. The van der Waals surface area contributed by atoms with Gasteiger partial charge in [0.1, 0.15) is 6.04 Å². The van der Waals surface area contributed by atoms with Crippen molar-refractivity contribution in [3.8, 4) is 11.5 Å². The van der Waals surface area contributed by atoms with Crippen LogP contribution in [-0.2, 0) is 16.1 Å². The molecule has 18 heavy (non-hydrogen) atoms. The molecule has 0 aliphatic heterocycles. The van der Waals surface area contributed by atoms with Crippen molar-refractivity contribution in [3.05, 3.63) is 23.8 Å². The number of carbonyl (C=O) groups excluding carboxylic acids is 1. The average Bonchev–Trinajstić information content (AvgIpc) is 2.37. The second kappa shape index (κ2) is 6.86. The van der Waals surface area contributed by atoms with Crippen molar-refractivity contribution >= 4 is 5.97 Å². The Morgan fingerprint density at radius 1 is 1.50 bits per heavy atom. The van der Waals surface area contributed by atoms with Crippen molar-refractivity contribution in [1.29, 1.82) is 0 Å². The number of phenols is 1.